The lowest BCUT2D eigenvalue weighted by molar-refractivity contribution is 0.352. The van der Waals surface area contributed by atoms with Crippen LogP contribution in [-0.2, 0) is 0 Å². The van der Waals surface area contributed by atoms with Gasteiger partial charge in [0.25, 0.3) is 0 Å². The molecule has 0 bridgehead atoms. The fourth-order valence-electron chi connectivity index (χ4n) is 3.48. The van der Waals surface area contributed by atoms with Gasteiger partial charge in [-0.15, -0.1) is 10.2 Å². The van der Waals surface area contributed by atoms with Crippen molar-refractivity contribution in [2.45, 2.75) is 32.2 Å². The molecule has 0 aliphatic carbocycles. The van der Waals surface area contributed by atoms with Gasteiger partial charge in [-0.25, -0.2) is 4.39 Å². The number of phenols is 1. The number of rotatable bonds is 5. The summed E-state index contributed by atoms with van der Waals surface area (Å²) in [5.41, 5.74) is 2.29. The molecule has 3 N–H and O–H groups in total. The Morgan fingerprint density at radius 3 is 2.89 bits per heavy atom. The third-order valence-electron chi connectivity index (χ3n) is 4.91. The van der Waals surface area contributed by atoms with E-state index in [0.29, 0.717) is 22.6 Å². The van der Waals surface area contributed by atoms with E-state index in [0.717, 1.165) is 44.4 Å². The van der Waals surface area contributed by atoms with E-state index in [-0.39, 0.29) is 6.04 Å². The van der Waals surface area contributed by atoms with Crippen LogP contribution in [0.1, 0.15) is 32.2 Å². The molecule has 7 nitrogen and oxygen atoms in total. The van der Waals surface area contributed by atoms with Gasteiger partial charge in [-0.3, -0.25) is 4.68 Å². The number of hydrogen-bond donors (Lipinski definition) is 3. The summed E-state index contributed by atoms with van der Waals surface area (Å²) in [5.74, 6) is -0.372. The van der Waals surface area contributed by atoms with E-state index in [9.17, 15) is 9.50 Å². The van der Waals surface area contributed by atoms with Crippen molar-refractivity contribution in [1.29, 1.82) is 0 Å². The van der Waals surface area contributed by atoms with Gasteiger partial charge in [-0.2, -0.15) is 5.10 Å². The average Bonchev–Trinajstić information content (AvgIpc) is 3.07. The van der Waals surface area contributed by atoms with Crippen LogP contribution in [0, 0.1) is 5.82 Å². The Labute approximate surface area is 156 Å². The molecule has 3 aromatic rings. The number of benzene rings is 1. The fourth-order valence-corrected chi connectivity index (χ4v) is 3.48. The molecule has 0 spiro atoms. The van der Waals surface area contributed by atoms with Crippen LogP contribution in [0.5, 0.6) is 5.75 Å². The molecule has 0 unspecified atom stereocenters. The molecule has 1 aliphatic heterocycles. The van der Waals surface area contributed by atoms with Crippen molar-refractivity contribution >= 4 is 16.9 Å². The van der Waals surface area contributed by atoms with E-state index in [4.69, 9.17) is 5.10 Å². The second kappa shape index (κ2) is 7.48. The Hall–Kier alpha value is -2.74. The molecule has 3 heterocycles. The maximum absolute atomic E-state index is 13.8. The molecular weight excluding hydrogens is 347 g/mol. The van der Waals surface area contributed by atoms with E-state index in [1.807, 2.05) is 10.7 Å². The molecule has 0 radical (unpaired) electrons. The smallest absolute Gasteiger partial charge is 0.176 e. The summed E-state index contributed by atoms with van der Waals surface area (Å²) < 4.78 is 15.8. The summed E-state index contributed by atoms with van der Waals surface area (Å²) >= 11 is 0. The quantitative estimate of drug-likeness (QED) is 0.640. The summed E-state index contributed by atoms with van der Waals surface area (Å²) in [4.78, 5) is 0. The first-order valence-corrected chi connectivity index (χ1v) is 9.37. The lowest BCUT2D eigenvalue weighted by Crippen LogP contribution is -2.29. The normalized spacial score (nSPS) is 15.3. The highest BCUT2D eigenvalue weighted by atomic mass is 19.1. The Morgan fingerprint density at radius 1 is 1.30 bits per heavy atom. The first-order valence-electron chi connectivity index (χ1n) is 9.37. The molecule has 1 aromatic carbocycles. The monoisotopic (exact) mass is 370 g/mol. The minimum absolute atomic E-state index is 0.268. The third kappa shape index (κ3) is 3.32. The minimum atomic E-state index is -0.674. The number of halogens is 1. The number of nitrogens with zero attached hydrogens (tertiary/aromatic N) is 4. The third-order valence-corrected chi connectivity index (χ3v) is 4.91. The molecule has 2 aromatic heterocycles. The van der Waals surface area contributed by atoms with Crippen molar-refractivity contribution in [3.8, 4) is 17.0 Å². The highest BCUT2D eigenvalue weighted by molar-refractivity contribution is 5.88. The van der Waals surface area contributed by atoms with E-state index < -0.39 is 11.6 Å². The number of aromatic nitrogens is 4. The standard InChI is InChI=1S/C19H23FN6O/c1-2-8-22-19-17-16(26(25-19)12-6-9-21-10-7-12)11-15(23-24-17)13-4-3-5-14(20)18(13)27/h3-5,11-12,21,27H,2,6-10H2,1H3,(H,22,25). The van der Waals surface area contributed by atoms with Gasteiger partial charge >= 0.3 is 0 Å². The molecule has 1 aliphatic rings. The maximum Gasteiger partial charge on any atom is 0.176 e. The van der Waals surface area contributed by atoms with Gasteiger partial charge in [0.05, 0.1) is 17.3 Å². The number of fused-ring (bicyclic) bond motifs is 1. The molecule has 8 heteroatoms. The van der Waals surface area contributed by atoms with Gasteiger partial charge < -0.3 is 15.7 Å². The number of anilines is 1. The van der Waals surface area contributed by atoms with E-state index >= 15 is 0 Å². The molecule has 0 saturated carbocycles. The second-order valence-electron chi connectivity index (χ2n) is 6.80. The topological polar surface area (TPSA) is 87.9 Å². The number of piperidine rings is 1. The van der Waals surface area contributed by atoms with Gasteiger partial charge in [0, 0.05) is 12.1 Å². The van der Waals surface area contributed by atoms with Crippen LogP contribution < -0.4 is 10.6 Å². The summed E-state index contributed by atoms with van der Waals surface area (Å²) in [5, 5.41) is 30.1. The van der Waals surface area contributed by atoms with Gasteiger partial charge in [0.1, 0.15) is 0 Å². The van der Waals surface area contributed by atoms with E-state index in [2.05, 4.69) is 27.8 Å². The van der Waals surface area contributed by atoms with Crippen molar-refractivity contribution in [2.75, 3.05) is 25.0 Å². The average molecular weight is 370 g/mol. The van der Waals surface area contributed by atoms with Crippen LogP contribution >= 0.6 is 0 Å². The Bertz CT molecular complexity index is 951. The van der Waals surface area contributed by atoms with Crippen LogP contribution in [-0.4, -0.2) is 44.7 Å². The SMILES string of the molecule is CCCNc1nn(C2CCNCC2)c2cc(-c3cccc(F)c3O)nnc12. The number of nitrogens with one attached hydrogen (secondary N) is 2. The predicted molar refractivity (Wildman–Crippen MR) is 102 cm³/mol. The number of hydrogen-bond acceptors (Lipinski definition) is 6. The summed E-state index contributed by atoms with van der Waals surface area (Å²) in [7, 11) is 0. The largest absolute Gasteiger partial charge is 0.504 e. The number of aromatic hydroxyl groups is 1. The van der Waals surface area contributed by atoms with Crippen molar-refractivity contribution in [1.82, 2.24) is 25.3 Å². The van der Waals surface area contributed by atoms with E-state index in [1.165, 1.54) is 6.07 Å². The summed E-state index contributed by atoms with van der Waals surface area (Å²) in [6.07, 6.45) is 2.93. The highest BCUT2D eigenvalue weighted by Crippen LogP contribution is 2.33. The van der Waals surface area contributed by atoms with Gasteiger partial charge in [-0.1, -0.05) is 13.0 Å². The number of para-hydroxylation sites is 1. The summed E-state index contributed by atoms with van der Waals surface area (Å²) in [6.45, 7) is 4.78. The van der Waals surface area contributed by atoms with Crippen LogP contribution in [0.25, 0.3) is 22.3 Å². The second-order valence-corrected chi connectivity index (χ2v) is 6.80. The molecule has 27 heavy (non-hydrogen) atoms. The fraction of sp³-hybridized carbons (Fsp3) is 0.421. The van der Waals surface area contributed by atoms with Crippen molar-refractivity contribution in [3.63, 3.8) is 0 Å². The first kappa shape index (κ1) is 17.7. The number of phenolic OH excluding ortho intramolecular Hbond substituents is 1. The molecule has 0 atom stereocenters. The lowest BCUT2D eigenvalue weighted by atomic mass is 10.1. The van der Waals surface area contributed by atoms with Crippen molar-refractivity contribution in [2.24, 2.45) is 0 Å². The van der Waals surface area contributed by atoms with Crippen LogP contribution in [0.15, 0.2) is 24.3 Å². The van der Waals surface area contributed by atoms with Gasteiger partial charge in [0.15, 0.2) is 22.9 Å². The highest BCUT2D eigenvalue weighted by Gasteiger charge is 2.22. The van der Waals surface area contributed by atoms with Crippen LogP contribution in [0.4, 0.5) is 10.2 Å². The molecule has 1 saturated heterocycles. The molecular formula is C19H23FN6O. The van der Waals surface area contributed by atoms with Crippen molar-refractivity contribution in [3.05, 3.63) is 30.1 Å². The van der Waals surface area contributed by atoms with E-state index in [1.54, 1.807) is 12.1 Å². The minimum Gasteiger partial charge on any atom is -0.504 e. The Kier molecular flexibility index (Phi) is 4.89. The zero-order chi connectivity index (χ0) is 18.8. The molecule has 142 valence electrons. The Balaban J connectivity index is 1.83. The maximum atomic E-state index is 13.8. The molecule has 4 rings (SSSR count). The van der Waals surface area contributed by atoms with Crippen LogP contribution in [0.3, 0.4) is 0 Å². The van der Waals surface area contributed by atoms with Crippen molar-refractivity contribution < 1.29 is 9.50 Å². The van der Waals surface area contributed by atoms with Gasteiger partial charge in [-0.05, 0) is 50.6 Å². The first-order chi connectivity index (χ1) is 13.2. The lowest BCUT2D eigenvalue weighted by Gasteiger charge is -2.23. The zero-order valence-corrected chi connectivity index (χ0v) is 15.2. The van der Waals surface area contributed by atoms with Gasteiger partial charge in [0.2, 0.25) is 0 Å². The van der Waals surface area contributed by atoms with Crippen LogP contribution in [0.2, 0.25) is 0 Å². The Morgan fingerprint density at radius 2 is 2.11 bits per heavy atom. The molecule has 1 fully saturated rings. The summed E-state index contributed by atoms with van der Waals surface area (Å²) in [6, 6.07) is 6.51. The molecule has 0 amide bonds. The predicted octanol–water partition coefficient (Wildman–Crippen LogP) is 3.08. The zero-order valence-electron chi connectivity index (χ0n) is 15.2.